The van der Waals surface area contributed by atoms with E-state index >= 15 is 0 Å². The van der Waals surface area contributed by atoms with E-state index in [9.17, 15) is 9.90 Å². The van der Waals surface area contributed by atoms with Gasteiger partial charge in [-0.25, -0.2) is 4.98 Å². The highest BCUT2D eigenvalue weighted by Gasteiger charge is 2.36. The van der Waals surface area contributed by atoms with Gasteiger partial charge in [-0.3, -0.25) is 4.79 Å². The number of carbonyl (C=O) groups is 1. The number of rotatable bonds is 5. The van der Waals surface area contributed by atoms with Gasteiger partial charge in [-0.2, -0.15) is 0 Å². The summed E-state index contributed by atoms with van der Waals surface area (Å²) in [5.41, 5.74) is 0.827. The molecule has 112 valence electrons. The minimum atomic E-state index is -0.212. The van der Waals surface area contributed by atoms with Crippen molar-refractivity contribution in [2.24, 2.45) is 5.92 Å². The first-order valence-corrected chi connectivity index (χ1v) is 8.79. The lowest BCUT2D eigenvalue weighted by Crippen LogP contribution is -2.41. The van der Waals surface area contributed by atoms with Crippen LogP contribution in [0.25, 0.3) is 0 Å². The number of aliphatic hydroxyl groups is 1. The zero-order valence-corrected chi connectivity index (χ0v) is 13.4. The number of hydrogen-bond donors (Lipinski definition) is 2. The van der Waals surface area contributed by atoms with Gasteiger partial charge in [-0.05, 0) is 37.1 Å². The number of thiophene rings is 1. The van der Waals surface area contributed by atoms with Crippen molar-refractivity contribution in [2.45, 2.75) is 38.3 Å². The Morgan fingerprint density at radius 3 is 2.90 bits per heavy atom. The third kappa shape index (κ3) is 3.51. The van der Waals surface area contributed by atoms with Crippen LogP contribution in [0.5, 0.6) is 0 Å². The van der Waals surface area contributed by atoms with Crippen LogP contribution in [0.1, 0.15) is 34.5 Å². The SMILES string of the molecule is Cc1nc(CC(=O)N[C@H](c2cccs2)C2CC(O)C2)cs1. The van der Waals surface area contributed by atoms with Gasteiger partial charge in [0.15, 0.2) is 0 Å². The van der Waals surface area contributed by atoms with Crippen LogP contribution in [0.3, 0.4) is 0 Å². The van der Waals surface area contributed by atoms with Gasteiger partial charge in [0.1, 0.15) is 0 Å². The van der Waals surface area contributed by atoms with E-state index in [2.05, 4.69) is 10.3 Å². The van der Waals surface area contributed by atoms with Gasteiger partial charge in [0, 0.05) is 10.3 Å². The summed E-state index contributed by atoms with van der Waals surface area (Å²) in [5, 5.41) is 17.6. The maximum atomic E-state index is 12.2. The van der Waals surface area contributed by atoms with Crippen LogP contribution < -0.4 is 5.32 Å². The van der Waals surface area contributed by atoms with Crippen LogP contribution in [-0.4, -0.2) is 22.1 Å². The molecule has 2 N–H and O–H groups in total. The van der Waals surface area contributed by atoms with Gasteiger partial charge in [0.2, 0.25) is 5.91 Å². The minimum absolute atomic E-state index is 0.0000831. The second kappa shape index (κ2) is 6.25. The molecule has 1 aliphatic rings. The predicted octanol–water partition coefficient (Wildman–Crippen LogP) is 2.68. The summed E-state index contributed by atoms with van der Waals surface area (Å²) in [6, 6.07) is 4.06. The molecule has 1 atom stereocenters. The van der Waals surface area contributed by atoms with Crippen LogP contribution in [0.4, 0.5) is 0 Å². The van der Waals surface area contributed by atoms with Crippen molar-refractivity contribution in [3.05, 3.63) is 38.5 Å². The summed E-state index contributed by atoms with van der Waals surface area (Å²) in [6.45, 7) is 1.94. The minimum Gasteiger partial charge on any atom is -0.393 e. The number of nitrogens with zero attached hydrogens (tertiary/aromatic N) is 1. The Morgan fingerprint density at radius 1 is 1.52 bits per heavy atom. The molecule has 0 spiro atoms. The highest BCUT2D eigenvalue weighted by atomic mass is 32.1. The summed E-state index contributed by atoms with van der Waals surface area (Å²) in [5.74, 6) is 0.333. The first-order chi connectivity index (χ1) is 10.1. The molecule has 0 saturated heterocycles. The molecule has 2 heterocycles. The van der Waals surface area contributed by atoms with Gasteiger partial charge < -0.3 is 10.4 Å². The van der Waals surface area contributed by atoms with Crippen LogP contribution in [0.2, 0.25) is 0 Å². The Balaban J connectivity index is 1.65. The van der Waals surface area contributed by atoms with Crippen molar-refractivity contribution < 1.29 is 9.90 Å². The normalized spacial score (nSPS) is 22.6. The first kappa shape index (κ1) is 14.7. The Kier molecular flexibility index (Phi) is 4.37. The summed E-state index contributed by atoms with van der Waals surface area (Å²) in [4.78, 5) is 17.7. The number of hydrogen-bond acceptors (Lipinski definition) is 5. The smallest absolute Gasteiger partial charge is 0.226 e. The summed E-state index contributed by atoms with van der Waals surface area (Å²) in [7, 11) is 0. The van der Waals surface area contributed by atoms with Crippen LogP contribution in [0.15, 0.2) is 22.9 Å². The maximum Gasteiger partial charge on any atom is 0.226 e. The molecule has 2 aromatic heterocycles. The van der Waals surface area contributed by atoms with Gasteiger partial charge in [0.05, 0.1) is 29.3 Å². The predicted molar refractivity (Wildman–Crippen MR) is 84.5 cm³/mol. The Hall–Kier alpha value is -1.24. The zero-order valence-electron chi connectivity index (χ0n) is 11.8. The van der Waals surface area contributed by atoms with E-state index in [1.54, 1.807) is 22.7 Å². The van der Waals surface area contributed by atoms with E-state index in [0.29, 0.717) is 12.3 Å². The molecular weight excluding hydrogens is 304 g/mol. The third-order valence-electron chi connectivity index (χ3n) is 3.80. The number of nitrogens with one attached hydrogen (secondary N) is 1. The Bertz CT molecular complexity index is 603. The lowest BCUT2D eigenvalue weighted by Gasteiger charge is -2.37. The zero-order chi connectivity index (χ0) is 14.8. The van der Waals surface area contributed by atoms with Crippen LogP contribution in [0, 0.1) is 12.8 Å². The van der Waals surface area contributed by atoms with Crippen LogP contribution in [-0.2, 0) is 11.2 Å². The molecule has 0 unspecified atom stereocenters. The standard InChI is InChI=1S/C15H18N2O2S2/c1-9-16-11(8-21-9)7-14(19)17-15(10-5-12(18)6-10)13-3-2-4-20-13/h2-4,8,10,12,15,18H,5-7H2,1H3,(H,17,19)/t10?,12?,15-/m0/s1. The molecule has 1 fully saturated rings. The monoisotopic (exact) mass is 322 g/mol. The van der Waals surface area contributed by atoms with Crippen molar-refractivity contribution in [1.29, 1.82) is 0 Å². The molecular formula is C15H18N2O2S2. The summed E-state index contributed by atoms with van der Waals surface area (Å²) >= 11 is 3.22. The largest absolute Gasteiger partial charge is 0.393 e. The van der Waals surface area contributed by atoms with E-state index < -0.39 is 0 Å². The average molecular weight is 322 g/mol. The second-order valence-corrected chi connectivity index (χ2v) is 7.52. The number of amides is 1. The third-order valence-corrected chi connectivity index (χ3v) is 5.57. The number of aryl methyl sites for hydroxylation is 1. The van der Waals surface area contributed by atoms with Crippen LogP contribution >= 0.6 is 22.7 Å². The van der Waals surface area contributed by atoms with Crippen molar-refractivity contribution in [2.75, 3.05) is 0 Å². The van der Waals surface area contributed by atoms with Gasteiger partial charge >= 0.3 is 0 Å². The second-order valence-electron chi connectivity index (χ2n) is 5.48. The van der Waals surface area contributed by atoms with E-state index in [-0.39, 0.29) is 18.1 Å². The van der Waals surface area contributed by atoms with Crippen molar-refractivity contribution >= 4 is 28.6 Å². The fourth-order valence-electron chi connectivity index (χ4n) is 2.67. The number of aliphatic hydroxyl groups excluding tert-OH is 1. The van der Waals surface area contributed by atoms with E-state index in [0.717, 1.165) is 28.4 Å². The molecule has 6 heteroatoms. The lowest BCUT2D eigenvalue weighted by atomic mass is 9.76. The van der Waals surface area contributed by atoms with E-state index in [1.165, 1.54) is 0 Å². The quantitative estimate of drug-likeness (QED) is 0.889. The average Bonchev–Trinajstić information content (AvgIpc) is 3.04. The van der Waals surface area contributed by atoms with Crippen molar-refractivity contribution in [3.8, 4) is 0 Å². The topological polar surface area (TPSA) is 62.2 Å². The number of carbonyl (C=O) groups excluding carboxylic acids is 1. The van der Waals surface area contributed by atoms with E-state index in [1.807, 2.05) is 29.8 Å². The highest BCUT2D eigenvalue weighted by molar-refractivity contribution is 7.10. The Morgan fingerprint density at radius 2 is 2.33 bits per heavy atom. The molecule has 0 radical (unpaired) electrons. The highest BCUT2D eigenvalue weighted by Crippen LogP contribution is 2.39. The van der Waals surface area contributed by atoms with Crippen molar-refractivity contribution in [1.82, 2.24) is 10.3 Å². The molecule has 3 rings (SSSR count). The Labute approximate surface area is 131 Å². The lowest BCUT2D eigenvalue weighted by molar-refractivity contribution is -0.122. The molecule has 1 saturated carbocycles. The fourth-order valence-corrected chi connectivity index (χ4v) is 4.15. The maximum absolute atomic E-state index is 12.2. The van der Waals surface area contributed by atoms with Crippen molar-refractivity contribution in [3.63, 3.8) is 0 Å². The molecule has 0 aliphatic heterocycles. The molecule has 0 bridgehead atoms. The fraction of sp³-hybridized carbons (Fsp3) is 0.467. The van der Waals surface area contributed by atoms with Gasteiger partial charge in [0.25, 0.3) is 0 Å². The van der Waals surface area contributed by atoms with E-state index in [4.69, 9.17) is 0 Å². The molecule has 4 nitrogen and oxygen atoms in total. The van der Waals surface area contributed by atoms with Gasteiger partial charge in [-0.1, -0.05) is 6.07 Å². The summed E-state index contributed by atoms with van der Waals surface area (Å²) in [6.07, 6.45) is 1.63. The molecule has 1 amide bonds. The van der Waals surface area contributed by atoms with Gasteiger partial charge in [-0.15, -0.1) is 22.7 Å². The molecule has 1 aliphatic carbocycles. The number of aromatic nitrogens is 1. The first-order valence-electron chi connectivity index (χ1n) is 7.03. The summed E-state index contributed by atoms with van der Waals surface area (Å²) < 4.78 is 0. The molecule has 21 heavy (non-hydrogen) atoms. The molecule has 2 aromatic rings. The molecule has 0 aromatic carbocycles. The number of thiazole rings is 1.